The first-order valence-corrected chi connectivity index (χ1v) is 8.92. The maximum Gasteiger partial charge on any atom is 0.313 e. The van der Waals surface area contributed by atoms with Gasteiger partial charge in [0.2, 0.25) is 0 Å². The third-order valence-electron chi connectivity index (χ3n) is 3.12. The number of imidazole rings is 1. The smallest absolute Gasteiger partial charge is 0.313 e. The van der Waals surface area contributed by atoms with Gasteiger partial charge in [0.15, 0.2) is 5.16 Å². The molecular formula is C14H17FN2O2S2. The van der Waals surface area contributed by atoms with Gasteiger partial charge in [0.25, 0.3) is 0 Å². The van der Waals surface area contributed by atoms with Crippen LogP contribution in [0.5, 0.6) is 0 Å². The lowest BCUT2D eigenvalue weighted by Gasteiger charge is -2.16. The summed E-state index contributed by atoms with van der Waals surface area (Å²) in [4.78, 5) is 15.2. The molecule has 1 aromatic carbocycles. The third-order valence-corrected chi connectivity index (χ3v) is 4.71. The Morgan fingerprint density at radius 1 is 1.52 bits per heavy atom. The molecule has 1 aromatic heterocycles. The molecule has 0 spiro atoms. The van der Waals surface area contributed by atoms with Crippen molar-refractivity contribution in [2.24, 2.45) is 0 Å². The number of thioether (sulfide) groups is 2. The van der Waals surface area contributed by atoms with Crippen LogP contribution < -0.4 is 0 Å². The molecule has 1 heterocycles. The van der Waals surface area contributed by atoms with Crippen molar-refractivity contribution in [2.75, 3.05) is 17.8 Å². The lowest BCUT2D eigenvalue weighted by Crippen LogP contribution is -2.09. The number of carbonyl (C=O) groups is 1. The van der Waals surface area contributed by atoms with Crippen molar-refractivity contribution in [3.05, 3.63) is 24.0 Å². The summed E-state index contributed by atoms with van der Waals surface area (Å²) >= 11 is 2.92. The van der Waals surface area contributed by atoms with Gasteiger partial charge in [-0.15, -0.1) is 0 Å². The lowest BCUT2D eigenvalue weighted by atomic mass is 10.2. The highest BCUT2D eigenvalue weighted by atomic mass is 32.2. The summed E-state index contributed by atoms with van der Waals surface area (Å²) in [5.41, 5.74) is 1.41. The van der Waals surface area contributed by atoms with E-state index in [0.29, 0.717) is 10.7 Å². The Morgan fingerprint density at radius 2 is 2.29 bits per heavy atom. The first-order valence-electron chi connectivity index (χ1n) is 6.54. The number of halogens is 1. The zero-order chi connectivity index (χ0) is 15.4. The van der Waals surface area contributed by atoms with Crippen molar-refractivity contribution in [1.82, 2.24) is 9.55 Å². The number of aromatic nitrogens is 2. The molecule has 0 aliphatic carbocycles. The van der Waals surface area contributed by atoms with Crippen LogP contribution in [0, 0.1) is 5.82 Å². The van der Waals surface area contributed by atoms with E-state index in [-0.39, 0.29) is 17.6 Å². The Kier molecular flexibility index (Phi) is 5.52. The zero-order valence-corrected chi connectivity index (χ0v) is 13.5. The quantitative estimate of drug-likeness (QED) is 0.786. The number of nitrogens with zero attached hydrogens (tertiary/aromatic N) is 2. The Hall–Kier alpha value is -1.21. The van der Waals surface area contributed by atoms with E-state index in [1.54, 1.807) is 17.8 Å². The first kappa shape index (κ1) is 16.2. The van der Waals surface area contributed by atoms with E-state index in [2.05, 4.69) is 4.98 Å². The van der Waals surface area contributed by atoms with Gasteiger partial charge in [0.05, 0.1) is 16.8 Å². The molecule has 0 radical (unpaired) electrons. The van der Waals surface area contributed by atoms with Crippen molar-refractivity contribution >= 4 is 40.5 Å². The first-order chi connectivity index (χ1) is 10.0. The van der Waals surface area contributed by atoms with Crippen LogP contribution in [-0.4, -0.2) is 38.4 Å². The predicted octanol–water partition coefficient (Wildman–Crippen LogP) is 3.67. The molecule has 2 aromatic rings. The molecule has 4 nitrogen and oxygen atoms in total. The minimum Gasteiger partial charge on any atom is -0.481 e. The second-order valence-electron chi connectivity index (χ2n) is 4.71. The topological polar surface area (TPSA) is 55.1 Å². The van der Waals surface area contributed by atoms with Gasteiger partial charge in [-0.3, -0.25) is 4.79 Å². The van der Waals surface area contributed by atoms with E-state index >= 15 is 0 Å². The zero-order valence-electron chi connectivity index (χ0n) is 11.9. The third kappa shape index (κ3) is 3.91. The molecule has 0 aliphatic heterocycles. The average Bonchev–Trinajstić information content (AvgIpc) is 2.80. The standard InChI is InChI=1S/C14H17FN2O2S2/c1-9(5-6-20-2)17-12-7-10(15)3-4-11(12)16-14(17)21-8-13(18)19/h3-4,7,9H,5-6,8H2,1-2H3,(H,18,19). The molecule has 1 atom stereocenters. The molecular weight excluding hydrogens is 311 g/mol. The van der Waals surface area contributed by atoms with Gasteiger partial charge >= 0.3 is 5.97 Å². The molecule has 2 rings (SSSR count). The van der Waals surface area contributed by atoms with E-state index in [1.807, 2.05) is 17.7 Å². The SMILES string of the molecule is CSCCC(C)n1c(SCC(=O)O)nc2ccc(F)cc21. The van der Waals surface area contributed by atoms with Crippen LogP contribution in [0.15, 0.2) is 23.4 Å². The average molecular weight is 328 g/mol. The van der Waals surface area contributed by atoms with Gasteiger partial charge in [-0.2, -0.15) is 11.8 Å². The van der Waals surface area contributed by atoms with E-state index in [1.165, 1.54) is 23.9 Å². The molecule has 0 bridgehead atoms. The maximum atomic E-state index is 13.5. The van der Waals surface area contributed by atoms with E-state index in [4.69, 9.17) is 5.11 Å². The fourth-order valence-corrected chi connectivity index (χ4v) is 3.53. The second-order valence-corrected chi connectivity index (χ2v) is 6.64. The molecule has 1 unspecified atom stereocenters. The van der Waals surface area contributed by atoms with Gasteiger partial charge in [-0.1, -0.05) is 11.8 Å². The molecule has 7 heteroatoms. The minimum absolute atomic E-state index is 0.0545. The Labute approximate surface area is 131 Å². The van der Waals surface area contributed by atoms with Gasteiger partial charge in [0, 0.05) is 6.04 Å². The van der Waals surface area contributed by atoms with Crippen molar-refractivity contribution < 1.29 is 14.3 Å². The number of hydrogen-bond donors (Lipinski definition) is 1. The molecule has 0 saturated carbocycles. The number of benzene rings is 1. The van der Waals surface area contributed by atoms with Crippen molar-refractivity contribution in [3.63, 3.8) is 0 Å². The Balaban J connectivity index is 2.42. The van der Waals surface area contributed by atoms with Crippen LogP contribution in [0.2, 0.25) is 0 Å². The maximum absolute atomic E-state index is 13.5. The molecule has 0 aliphatic rings. The van der Waals surface area contributed by atoms with E-state index in [9.17, 15) is 9.18 Å². The highest BCUT2D eigenvalue weighted by Crippen LogP contribution is 2.30. The molecule has 0 fully saturated rings. The Morgan fingerprint density at radius 3 is 2.95 bits per heavy atom. The van der Waals surface area contributed by atoms with Crippen LogP contribution in [0.4, 0.5) is 4.39 Å². The number of rotatable bonds is 7. The van der Waals surface area contributed by atoms with Crippen molar-refractivity contribution in [1.29, 1.82) is 0 Å². The fourth-order valence-electron chi connectivity index (χ4n) is 2.12. The van der Waals surface area contributed by atoms with Gasteiger partial charge in [-0.25, -0.2) is 9.37 Å². The number of aliphatic carboxylic acids is 1. The highest BCUT2D eigenvalue weighted by Gasteiger charge is 2.17. The number of carboxylic acids is 1. The summed E-state index contributed by atoms with van der Waals surface area (Å²) in [5, 5.41) is 9.47. The second kappa shape index (κ2) is 7.17. The summed E-state index contributed by atoms with van der Waals surface area (Å²) in [6.07, 6.45) is 2.96. The minimum atomic E-state index is -0.887. The van der Waals surface area contributed by atoms with E-state index in [0.717, 1.165) is 17.7 Å². The Bertz CT molecular complexity index is 645. The van der Waals surface area contributed by atoms with Crippen LogP contribution in [-0.2, 0) is 4.79 Å². The van der Waals surface area contributed by atoms with Crippen LogP contribution in [0.25, 0.3) is 11.0 Å². The molecule has 114 valence electrons. The highest BCUT2D eigenvalue weighted by molar-refractivity contribution is 7.99. The van der Waals surface area contributed by atoms with Crippen molar-refractivity contribution in [2.45, 2.75) is 24.5 Å². The van der Waals surface area contributed by atoms with Crippen LogP contribution >= 0.6 is 23.5 Å². The number of fused-ring (bicyclic) bond motifs is 1. The predicted molar refractivity (Wildman–Crippen MR) is 85.8 cm³/mol. The summed E-state index contributed by atoms with van der Waals surface area (Å²) in [6, 6.07) is 4.61. The molecule has 21 heavy (non-hydrogen) atoms. The summed E-state index contributed by atoms with van der Waals surface area (Å²) in [7, 11) is 0. The van der Waals surface area contributed by atoms with Gasteiger partial charge < -0.3 is 9.67 Å². The normalized spacial score (nSPS) is 12.7. The largest absolute Gasteiger partial charge is 0.481 e. The molecule has 0 amide bonds. The summed E-state index contributed by atoms with van der Waals surface area (Å²) < 4.78 is 15.5. The monoisotopic (exact) mass is 328 g/mol. The van der Waals surface area contributed by atoms with E-state index < -0.39 is 5.97 Å². The molecule has 1 N–H and O–H groups in total. The molecule has 0 saturated heterocycles. The van der Waals surface area contributed by atoms with Crippen LogP contribution in [0.1, 0.15) is 19.4 Å². The summed E-state index contributed by atoms with van der Waals surface area (Å²) in [5.74, 6) is -0.266. The number of hydrogen-bond acceptors (Lipinski definition) is 4. The van der Waals surface area contributed by atoms with Gasteiger partial charge in [-0.05, 0) is 43.6 Å². The van der Waals surface area contributed by atoms with Crippen LogP contribution in [0.3, 0.4) is 0 Å². The number of carboxylic acid groups (broad SMARTS) is 1. The lowest BCUT2D eigenvalue weighted by molar-refractivity contribution is -0.133. The summed E-state index contributed by atoms with van der Waals surface area (Å²) in [6.45, 7) is 2.05. The van der Waals surface area contributed by atoms with Gasteiger partial charge in [0.1, 0.15) is 5.82 Å². The van der Waals surface area contributed by atoms with Crippen molar-refractivity contribution in [3.8, 4) is 0 Å². The fraction of sp³-hybridized carbons (Fsp3) is 0.429.